The number of nitro benzene ring substituents is 1. The Labute approximate surface area is 164 Å². The molecule has 3 aromatic rings. The third-order valence-corrected chi connectivity index (χ3v) is 3.97. The molecule has 1 amide bonds. The summed E-state index contributed by atoms with van der Waals surface area (Å²) in [4.78, 5) is 34.5. The van der Waals surface area contributed by atoms with Gasteiger partial charge in [-0.25, -0.2) is 4.79 Å². The molecule has 28 heavy (non-hydrogen) atoms. The van der Waals surface area contributed by atoms with Crippen LogP contribution >= 0.6 is 11.6 Å². The van der Waals surface area contributed by atoms with Gasteiger partial charge in [0, 0.05) is 28.4 Å². The molecule has 0 aliphatic heterocycles. The number of hydrogen-bond acceptors (Lipinski definition) is 5. The van der Waals surface area contributed by atoms with Crippen molar-refractivity contribution in [2.24, 2.45) is 0 Å². The number of amides is 1. The number of hydrogen-bond donors (Lipinski definition) is 1. The number of anilines is 1. The molecule has 0 aliphatic rings. The number of nitrogens with one attached hydrogen (secondary N) is 1. The van der Waals surface area contributed by atoms with E-state index in [0.29, 0.717) is 16.3 Å². The predicted octanol–water partition coefficient (Wildman–Crippen LogP) is 4.72. The molecule has 8 heteroatoms. The second kappa shape index (κ2) is 8.32. The lowest BCUT2D eigenvalue weighted by Crippen LogP contribution is -2.12. The molecule has 0 radical (unpaired) electrons. The molecule has 0 atom stereocenters. The van der Waals surface area contributed by atoms with Crippen LogP contribution in [0.15, 0.2) is 72.8 Å². The van der Waals surface area contributed by atoms with Crippen LogP contribution in [0.1, 0.15) is 20.7 Å². The Kier molecular flexibility index (Phi) is 5.67. The Hall–Kier alpha value is -3.71. The summed E-state index contributed by atoms with van der Waals surface area (Å²) in [7, 11) is 0. The molecule has 140 valence electrons. The van der Waals surface area contributed by atoms with Crippen LogP contribution in [0.3, 0.4) is 0 Å². The van der Waals surface area contributed by atoms with Crippen molar-refractivity contribution in [2.75, 3.05) is 5.32 Å². The van der Waals surface area contributed by atoms with Crippen molar-refractivity contribution in [3.63, 3.8) is 0 Å². The van der Waals surface area contributed by atoms with Crippen molar-refractivity contribution >= 4 is 34.9 Å². The molecule has 0 fully saturated rings. The minimum absolute atomic E-state index is 0.0642. The third kappa shape index (κ3) is 4.72. The SMILES string of the molecule is O=C(Nc1ccc(OC(=O)c2cccc([N+](=O)[O-])c2)cc1)c1ccc(Cl)cc1. The summed E-state index contributed by atoms with van der Waals surface area (Å²) in [6.45, 7) is 0. The Morgan fingerprint density at radius 2 is 1.61 bits per heavy atom. The molecule has 0 heterocycles. The Balaban J connectivity index is 1.65. The van der Waals surface area contributed by atoms with E-state index in [-0.39, 0.29) is 22.9 Å². The average molecular weight is 397 g/mol. The van der Waals surface area contributed by atoms with E-state index in [4.69, 9.17) is 16.3 Å². The standard InChI is InChI=1S/C20H13ClN2O5/c21-15-6-4-13(5-7-15)19(24)22-16-8-10-18(11-9-16)28-20(25)14-2-1-3-17(12-14)23(26)27/h1-12H,(H,22,24). The molecule has 3 rings (SSSR count). The van der Waals surface area contributed by atoms with Gasteiger partial charge in [0.1, 0.15) is 5.75 Å². The minimum Gasteiger partial charge on any atom is -0.423 e. The molecule has 0 aromatic heterocycles. The molecule has 0 bridgehead atoms. The maximum absolute atomic E-state index is 12.2. The van der Waals surface area contributed by atoms with Crippen molar-refractivity contribution in [3.05, 3.63) is 99.1 Å². The van der Waals surface area contributed by atoms with Crippen LogP contribution in [0.5, 0.6) is 5.75 Å². The van der Waals surface area contributed by atoms with Crippen LogP contribution in [0.25, 0.3) is 0 Å². The summed E-state index contributed by atoms with van der Waals surface area (Å²) < 4.78 is 5.20. The van der Waals surface area contributed by atoms with Gasteiger partial charge in [-0.05, 0) is 54.6 Å². The monoisotopic (exact) mass is 396 g/mol. The molecule has 0 unspecified atom stereocenters. The fraction of sp³-hybridized carbons (Fsp3) is 0. The number of esters is 1. The summed E-state index contributed by atoms with van der Waals surface area (Å²) in [5.41, 5.74) is 0.824. The molecule has 0 saturated carbocycles. The van der Waals surface area contributed by atoms with Gasteiger partial charge in [0.05, 0.1) is 10.5 Å². The summed E-state index contributed by atoms with van der Waals surface area (Å²) >= 11 is 5.80. The van der Waals surface area contributed by atoms with Crippen LogP contribution in [0.2, 0.25) is 5.02 Å². The Morgan fingerprint density at radius 3 is 2.25 bits per heavy atom. The van der Waals surface area contributed by atoms with E-state index in [2.05, 4.69) is 5.32 Å². The van der Waals surface area contributed by atoms with Crippen molar-refractivity contribution in [3.8, 4) is 5.75 Å². The van der Waals surface area contributed by atoms with Gasteiger partial charge in [0.2, 0.25) is 0 Å². The molecule has 3 aromatic carbocycles. The van der Waals surface area contributed by atoms with E-state index >= 15 is 0 Å². The van der Waals surface area contributed by atoms with Gasteiger partial charge in [-0.3, -0.25) is 14.9 Å². The van der Waals surface area contributed by atoms with E-state index in [1.54, 1.807) is 36.4 Å². The van der Waals surface area contributed by atoms with Gasteiger partial charge < -0.3 is 10.1 Å². The number of non-ortho nitro benzene ring substituents is 1. The zero-order valence-corrected chi connectivity index (χ0v) is 15.1. The topological polar surface area (TPSA) is 98.5 Å². The van der Waals surface area contributed by atoms with Gasteiger partial charge >= 0.3 is 5.97 Å². The molecular weight excluding hydrogens is 384 g/mol. The highest BCUT2D eigenvalue weighted by Crippen LogP contribution is 2.20. The van der Waals surface area contributed by atoms with E-state index in [9.17, 15) is 19.7 Å². The number of rotatable bonds is 5. The summed E-state index contributed by atoms with van der Waals surface area (Å²) in [6.07, 6.45) is 0. The normalized spacial score (nSPS) is 10.2. The molecule has 0 aliphatic carbocycles. The largest absolute Gasteiger partial charge is 0.423 e. The minimum atomic E-state index is -0.721. The fourth-order valence-corrected chi connectivity index (χ4v) is 2.45. The van der Waals surface area contributed by atoms with Crippen LogP contribution in [0.4, 0.5) is 11.4 Å². The Bertz CT molecular complexity index is 1030. The Morgan fingerprint density at radius 1 is 0.929 bits per heavy atom. The first-order valence-electron chi connectivity index (χ1n) is 8.06. The molecule has 1 N–H and O–H groups in total. The van der Waals surface area contributed by atoms with E-state index in [1.165, 1.54) is 30.3 Å². The first-order valence-corrected chi connectivity index (χ1v) is 8.44. The van der Waals surface area contributed by atoms with Crippen molar-refractivity contribution in [2.45, 2.75) is 0 Å². The van der Waals surface area contributed by atoms with Crippen molar-refractivity contribution in [1.29, 1.82) is 0 Å². The number of carbonyl (C=O) groups is 2. The average Bonchev–Trinajstić information content (AvgIpc) is 2.70. The maximum Gasteiger partial charge on any atom is 0.343 e. The summed E-state index contributed by atoms with van der Waals surface area (Å²) in [5, 5.41) is 14.0. The lowest BCUT2D eigenvalue weighted by atomic mass is 10.2. The van der Waals surface area contributed by atoms with Crippen LogP contribution in [0, 0.1) is 10.1 Å². The number of halogens is 1. The van der Waals surface area contributed by atoms with Crippen LogP contribution < -0.4 is 10.1 Å². The second-order valence-electron chi connectivity index (χ2n) is 5.68. The number of benzene rings is 3. The van der Waals surface area contributed by atoms with Gasteiger partial charge in [0.15, 0.2) is 0 Å². The number of nitrogens with zero attached hydrogens (tertiary/aromatic N) is 1. The first kappa shape index (κ1) is 19.1. The fourth-order valence-electron chi connectivity index (χ4n) is 2.32. The van der Waals surface area contributed by atoms with Gasteiger partial charge in [0.25, 0.3) is 11.6 Å². The maximum atomic E-state index is 12.2. The molecule has 7 nitrogen and oxygen atoms in total. The summed E-state index contributed by atoms with van der Waals surface area (Å²) in [5.74, 6) is -0.791. The first-order chi connectivity index (χ1) is 13.4. The molecule has 0 saturated heterocycles. The summed E-state index contributed by atoms with van der Waals surface area (Å²) in [6, 6.07) is 17.9. The highest BCUT2D eigenvalue weighted by Gasteiger charge is 2.13. The predicted molar refractivity (Wildman–Crippen MR) is 104 cm³/mol. The third-order valence-electron chi connectivity index (χ3n) is 3.72. The van der Waals surface area contributed by atoms with Crippen molar-refractivity contribution < 1.29 is 19.2 Å². The number of nitro groups is 1. The quantitative estimate of drug-likeness (QED) is 0.291. The lowest BCUT2D eigenvalue weighted by molar-refractivity contribution is -0.384. The smallest absolute Gasteiger partial charge is 0.343 e. The highest BCUT2D eigenvalue weighted by atomic mass is 35.5. The second-order valence-corrected chi connectivity index (χ2v) is 6.12. The van der Waals surface area contributed by atoms with Crippen LogP contribution in [-0.4, -0.2) is 16.8 Å². The van der Waals surface area contributed by atoms with Gasteiger partial charge in [-0.2, -0.15) is 0 Å². The zero-order valence-electron chi connectivity index (χ0n) is 14.3. The van der Waals surface area contributed by atoms with Gasteiger partial charge in [-0.1, -0.05) is 17.7 Å². The van der Waals surface area contributed by atoms with E-state index < -0.39 is 10.9 Å². The highest BCUT2D eigenvalue weighted by molar-refractivity contribution is 6.30. The molecular formula is C20H13ClN2O5. The van der Waals surface area contributed by atoms with E-state index in [0.717, 1.165) is 6.07 Å². The number of ether oxygens (including phenoxy) is 1. The lowest BCUT2D eigenvalue weighted by Gasteiger charge is -2.08. The zero-order chi connectivity index (χ0) is 20.1. The van der Waals surface area contributed by atoms with Crippen LogP contribution in [-0.2, 0) is 0 Å². The molecule has 0 spiro atoms. The number of carbonyl (C=O) groups excluding carboxylic acids is 2. The van der Waals surface area contributed by atoms with E-state index in [1.807, 2.05) is 0 Å². The van der Waals surface area contributed by atoms with Crippen molar-refractivity contribution in [1.82, 2.24) is 0 Å². The van der Waals surface area contributed by atoms with Gasteiger partial charge in [-0.15, -0.1) is 0 Å².